The van der Waals surface area contributed by atoms with E-state index in [1.807, 2.05) is 0 Å². The molecular formula is C17H12N4O6S. The van der Waals surface area contributed by atoms with Gasteiger partial charge in [0.2, 0.25) is 5.91 Å². The summed E-state index contributed by atoms with van der Waals surface area (Å²) in [5.41, 5.74) is 0.586. The lowest BCUT2D eigenvalue weighted by molar-refractivity contribution is -0.384. The van der Waals surface area contributed by atoms with E-state index in [4.69, 9.17) is 9.52 Å². The highest BCUT2D eigenvalue weighted by molar-refractivity contribution is 7.99. The number of thioether (sulfide) groups is 1. The summed E-state index contributed by atoms with van der Waals surface area (Å²) in [5.74, 6) is -1.48. The number of hydrogen-bond acceptors (Lipinski definition) is 8. The number of para-hydroxylation sites is 1. The maximum Gasteiger partial charge on any atom is 0.335 e. The maximum absolute atomic E-state index is 12.0. The van der Waals surface area contributed by atoms with Crippen molar-refractivity contribution in [3.05, 3.63) is 64.2 Å². The van der Waals surface area contributed by atoms with Crippen LogP contribution in [0.2, 0.25) is 0 Å². The van der Waals surface area contributed by atoms with E-state index >= 15 is 0 Å². The summed E-state index contributed by atoms with van der Waals surface area (Å²) in [4.78, 5) is 33.3. The molecule has 1 aromatic heterocycles. The second kappa shape index (κ2) is 8.31. The first-order valence-corrected chi connectivity index (χ1v) is 8.76. The maximum atomic E-state index is 12.0. The second-order valence-electron chi connectivity index (χ2n) is 5.37. The number of carbonyl (C=O) groups excluding carboxylic acids is 1. The van der Waals surface area contributed by atoms with E-state index < -0.39 is 10.9 Å². The molecule has 142 valence electrons. The number of nitro benzene ring substituents is 1. The van der Waals surface area contributed by atoms with Gasteiger partial charge < -0.3 is 14.8 Å². The van der Waals surface area contributed by atoms with E-state index in [0.717, 1.165) is 11.8 Å². The van der Waals surface area contributed by atoms with Crippen molar-refractivity contribution in [2.24, 2.45) is 0 Å². The normalized spacial score (nSPS) is 10.4. The van der Waals surface area contributed by atoms with E-state index in [-0.39, 0.29) is 39.6 Å². The molecule has 0 spiro atoms. The Morgan fingerprint density at radius 1 is 1.14 bits per heavy atom. The molecule has 2 N–H and O–H groups in total. The topological polar surface area (TPSA) is 148 Å². The lowest BCUT2D eigenvalue weighted by Gasteiger charge is -2.04. The molecule has 1 heterocycles. The Hall–Kier alpha value is -3.73. The third-order valence-corrected chi connectivity index (χ3v) is 4.30. The molecule has 10 nitrogen and oxygen atoms in total. The van der Waals surface area contributed by atoms with Crippen molar-refractivity contribution in [2.45, 2.75) is 5.22 Å². The molecule has 28 heavy (non-hydrogen) atoms. The molecule has 0 saturated carbocycles. The summed E-state index contributed by atoms with van der Waals surface area (Å²) >= 11 is 0.969. The minimum absolute atomic E-state index is 0.0144. The quantitative estimate of drug-likeness (QED) is 0.346. The monoisotopic (exact) mass is 400 g/mol. The van der Waals surface area contributed by atoms with Crippen LogP contribution in [-0.2, 0) is 4.79 Å². The van der Waals surface area contributed by atoms with Crippen LogP contribution in [0, 0.1) is 10.1 Å². The minimum Gasteiger partial charge on any atom is -0.478 e. The predicted octanol–water partition coefficient (Wildman–Crippen LogP) is 3.07. The average Bonchev–Trinajstić information content (AvgIpc) is 3.15. The summed E-state index contributed by atoms with van der Waals surface area (Å²) < 4.78 is 5.39. The molecular weight excluding hydrogens is 388 g/mol. The van der Waals surface area contributed by atoms with E-state index in [1.165, 1.54) is 42.5 Å². The fourth-order valence-electron chi connectivity index (χ4n) is 2.21. The largest absolute Gasteiger partial charge is 0.478 e. The molecule has 0 bridgehead atoms. The third-order valence-electron chi connectivity index (χ3n) is 3.48. The zero-order valence-electron chi connectivity index (χ0n) is 14.1. The zero-order chi connectivity index (χ0) is 20.1. The number of carboxylic acids is 1. The van der Waals surface area contributed by atoms with Crippen LogP contribution >= 0.6 is 11.8 Å². The molecule has 0 saturated heterocycles. The van der Waals surface area contributed by atoms with Gasteiger partial charge in [0, 0.05) is 11.8 Å². The van der Waals surface area contributed by atoms with Crippen molar-refractivity contribution < 1.29 is 24.0 Å². The molecule has 3 aromatic rings. The second-order valence-corrected chi connectivity index (χ2v) is 6.29. The average molecular weight is 400 g/mol. The first-order valence-electron chi connectivity index (χ1n) is 7.77. The van der Waals surface area contributed by atoms with Gasteiger partial charge in [0.05, 0.1) is 16.2 Å². The van der Waals surface area contributed by atoms with Gasteiger partial charge in [0.25, 0.3) is 16.8 Å². The number of carboxylic acid groups (broad SMARTS) is 1. The number of aromatic nitrogens is 2. The third kappa shape index (κ3) is 4.51. The summed E-state index contributed by atoms with van der Waals surface area (Å²) in [6.07, 6.45) is 0. The number of benzene rings is 2. The number of hydrogen-bond donors (Lipinski definition) is 2. The van der Waals surface area contributed by atoms with Gasteiger partial charge >= 0.3 is 5.97 Å². The van der Waals surface area contributed by atoms with E-state index in [9.17, 15) is 19.7 Å². The number of aromatic carboxylic acids is 1. The van der Waals surface area contributed by atoms with Crippen LogP contribution in [-0.4, -0.2) is 37.9 Å². The minimum atomic E-state index is -1.06. The SMILES string of the molecule is O=C(CSc1nnc(-c2ccccc2[N+](=O)[O-])o1)Nc1ccc(C(=O)O)cc1. The molecule has 11 heteroatoms. The van der Waals surface area contributed by atoms with Crippen molar-refractivity contribution in [3.63, 3.8) is 0 Å². The molecule has 0 aliphatic carbocycles. The van der Waals surface area contributed by atoms with Crippen molar-refractivity contribution in [1.29, 1.82) is 0 Å². The molecule has 0 fully saturated rings. The van der Waals surface area contributed by atoms with Crippen LogP contribution in [0.3, 0.4) is 0 Å². The van der Waals surface area contributed by atoms with Crippen LogP contribution in [0.15, 0.2) is 58.2 Å². The van der Waals surface area contributed by atoms with Crippen LogP contribution in [0.1, 0.15) is 10.4 Å². The lowest BCUT2D eigenvalue weighted by Crippen LogP contribution is -2.14. The van der Waals surface area contributed by atoms with Crippen molar-refractivity contribution in [1.82, 2.24) is 10.2 Å². The highest BCUT2D eigenvalue weighted by Gasteiger charge is 2.20. The van der Waals surface area contributed by atoms with Crippen LogP contribution in [0.4, 0.5) is 11.4 Å². The summed E-state index contributed by atoms with van der Waals surface area (Å²) in [6.45, 7) is 0. The Morgan fingerprint density at radius 2 is 1.86 bits per heavy atom. The number of amides is 1. The van der Waals surface area contributed by atoms with Crippen molar-refractivity contribution in [2.75, 3.05) is 11.1 Å². The van der Waals surface area contributed by atoms with Gasteiger partial charge in [-0.3, -0.25) is 14.9 Å². The fraction of sp³-hybridized carbons (Fsp3) is 0.0588. The Balaban J connectivity index is 1.61. The van der Waals surface area contributed by atoms with Crippen molar-refractivity contribution in [3.8, 4) is 11.5 Å². The van der Waals surface area contributed by atoms with Gasteiger partial charge in [-0.05, 0) is 30.3 Å². The van der Waals surface area contributed by atoms with E-state index in [2.05, 4.69) is 15.5 Å². The smallest absolute Gasteiger partial charge is 0.335 e. The molecule has 0 unspecified atom stereocenters. The van der Waals surface area contributed by atoms with E-state index in [0.29, 0.717) is 5.69 Å². The predicted molar refractivity (Wildman–Crippen MR) is 99.1 cm³/mol. The molecule has 2 aromatic carbocycles. The number of anilines is 1. The molecule has 0 atom stereocenters. The molecule has 1 amide bonds. The van der Waals surface area contributed by atoms with Gasteiger partial charge in [-0.25, -0.2) is 4.79 Å². The van der Waals surface area contributed by atoms with Crippen LogP contribution in [0.25, 0.3) is 11.5 Å². The number of nitro groups is 1. The Labute approximate surface area is 161 Å². The highest BCUT2D eigenvalue weighted by Crippen LogP contribution is 2.30. The number of carbonyl (C=O) groups is 2. The first-order chi connectivity index (χ1) is 13.4. The number of nitrogens with zero attached hydrogens (tertiary/aromatic N) is 3. The Kier molecular flexibility index (Phi) is 5.65. The van der Waals surface area contributed by atoms with Gasteiger partial charge in [0.1, 0.15) is 5.56 Å². The molecule has 0 aliphatic heterocycles. The number of rotatable bonds is 7. The van der Waals surface area contributed by atoms with E-state index in [1.54, 1.807) is 6.07 Å². The molecule has 3 rings (SSSR count). The number of nitrogens with one attached hydrogen (secondary N) is 1. The standard InChI is InChI=1S/C17H12N4O6S/c22-14(18-11-7-5-10(6-8-11)16(23)24)9-28-17-20-19-15(27-17)12-3-1-2-4-13(12)21(25)26/h1-8H,9H2,(H,18,22)(H,23,24). The summed E-state index contributed by atoms with van der Waals surface area (Å²) in [7, 11) is 0. The van der Waals surface area contributed by atoms with Gasteiger partial charge in [0.15, 0.2) is 0 Å². The first kappa shape index (κ1) is 19.0. The summed E-state index contributed by atoms with van der Waals surface area (Å²) in [5, 5.41) is 30.2. The molecule has 0 aliphatic rings. The van der Waals surface area contributed by atoms with Crippen LogP contribution in [0.5, 0.6) is 0 Å². The van der Waals surface area contributed by atoms with Gasteiger partial charge in [-0.15, -0.1) is 10.2 Å². The summed E-state index contributed by atoms with van der Waals surface area (Å²) in [6, 6.07) is 11.7. The van der Waals surface area contributed by atoms with Gasteiger partial charge in [-0.1, -0.05) is 23.9 Å². The Bertz CT molecular complexity index is 1030. The lowest BCUT2D eigenvalue weighted by atomic mass is 10.2. The fourth-order valence-corrected chi connectivity index (χ4v) is 2.77. The van der Waals surface area contributed by atoms with Crippen molar-refractivity contribution >= 4 is 35.0 Å². The van der Waals surface area contributed by atoms with Gasteiger partial charge in [-0.2, -0.15) is 0 Å². The highest BCUT2D eigenvalue weighted by atomic mass is 32.2. The Morgan fingerprint density at radius 3 is 2.54 bits per heavy atom. The zero-order valence-corrected chi connectivity index (χ0v) is 14.9. The van der Waals surface area contributed by atoms with Crippen LogP contribution < -0.4 is 5.32 Å². The molecule has 0 radical (unpaired) electrons.